The number of phosphoric ester groups is 2. The second kappa shape index (κ2) is 67.4. The normalized spacial score (nSPS) is 15.0. The van der Waals surface area contributed by atoms with Crippen LogP contribution in [0.3, 0.4) is 0 Å². The van der Waals surface area contributed by atoms with Gasteiger partial charge in [-0.1, -0.05) is 244 Å². The molecule has 0 saturated carbocycles. The fraction of sp³-hybridized carbons (Fsp3) is 0.640. The molecular weight excluding hydrogens is 1220 g/mol. The Morgan fingerprint density at radius 3 is 0.957 bits per heavy atom. The van der Waals surface area contributed by atoms with Crippen LogP contribution in [-0.2, 0) is 55.8 Å². The van der Waals surface area contributed by atoms with Crippen molar-refractivity contribution in [3.05, 3.63) is 146 Å². The first kappa shape index (κ1) is 88.4. The second-order valence-electron chi connectivity index (χ2n) is 22.9. The van der Waals surface area contributed by atoms with Gasteiger partial charge in [0, 0.05) is 19.3 Å². The van der Waals surface area contributed by atoms with Gasteiger partial charge in [0.1, 0.15) is 25.4 Å². The number of aliphatic hydroxyl groups excluding tert-OH is 2. The van der Waals surface area contributed by atoms with Crippen LogP contribution in [0.4, 0.5) is 0 Å². The lowest BCUT2D eigenvalue weighted by Crippen LogP contribution is -2.30. The van der Waals surface area contributed by atoms with E-state index in [4.69, 9.17) is 32.3 Å². The second-order valence-corrected chi connectivity index (χ2v) is 25.8. The first-order valence-electron chi connectivity index (χ1n) is 35.1. The summed E-state index contributed by atoms with van der Waals surface area (Å²) in [5.74, 6) is -1.67. The number of ether oxygens (including phenoxy) is 3. The van der Waals surface area contributed by atoms with Crippen LogP contribution in [0, 0.1) is 0 Å². The number of allylic oxidation sites excluding steroid dienone is 24. The van der Waals surface area contributed by atoms with Gasteiger partial charge in [-0.3, -0.25) is 32.5 Å². The van der Waals surface area contributed by atoms with Crippen LogP contribution in [0.15, 0.2) is 146 Å². The number of carbonyl (C=O) groups is 3. The third-order valence-corrected chi connectivity index (χ3v) is 15.9. The maximum Gasteiger partial charge on any atom is 0.472 e. The van der Waals surface area contributed by atoms with Crippen molar-refractivity contribution in [2.24, 2.45) is 0 Å². The molecule has 4 N–H and O–H groups in total. The van der Waals surface area contributed by atoms with E-state index in [1.54, 1.807) is 0 Å². The van der Waals surface area contributed by atoms with E-state index in [1.165, 1.54) is 44.9 Å². The van der Waals surface area contributed by atoms with Crippen LogP contribution < -0.4 is 0 Å². The van der Waals surface area contributed by atoms with E-state index >= 15 is 0 Å². The molecule has 0 heterocycles. The molecule has 0 amide bonds. The molecule has 18 heteroatoms. The number of unbranched alkanes of at least 4 members (excludes halogenated alkanes) is 18. The molecule has 530 valence electrons. The fourth-order valence-electron chi connectivity index (χ4n) is 8.72. The molecule has 0 aromatic carbocycles. The van der Waals surface area contributed by atoms with Crippen molar-refractivity contribution in [3.8, 4) is 0 Å². The Labute approximate surface area is 562 Å². The van der Waals surface area contributed by atoms with E-state index in [-0.39, 0.29) is 19.3 Å². The van der Waals surface area contributed by atoms with Crippen LogP contribution in [0.5, 0.6) is 0 Å². The minimum atomic E-state index is -4.94. The largest absolute Gasteiger partial charge is 0.472 e. The van der Waals surface area contributed by atoms with E-state index in [0.717, 1.165) is 141 Å². The molecule has 0 fully saturated rings. The number of hydrogen-bond acceptors (Lipinski definition) is 14. The zero-order valence-corrected chi connectivity index (χ0v) is 59.2. The molecule has 0 aliphatic rings. The minimum absolute atomic E-state index is 0.0784. The van der Waals surface area contributed by atoms with Crippen LogP contribution in [0.1, 0.15) is 252 Å². The lowest BCUT2D eigenvalue weighted by molar-refractivity contribution is -0.161. The van der Waals surface area contributed by atoms with Gasteiger partial charge in [-0.15, -0.1) is 0 Å². The van der Waals surface area contributed by atoms with Crippen molar-refractivity contribution < 1.29 is 75.8 Å². The molecule has 0 radical (unpaired) electrons. The quantitative estimate of drug-likeness (QED) is 0.0146. The van der Waals surface area contributed by atoms with Gasteiger partial charge in [-0.2, -0.15) is 0 Å². The Balaban J connectivity index is 4.59. The molecule has 5 unspecified atom stereocenters. The summed E-state index contributed by atoms with van der Waals surface area (Å²) in [5.41, 5.74) is 0. The smallest absolute Gasteiger partial charge is 0.463 e. The molecule has 0 bridgehead atoms. The summed E-state index contributed by atoms with van der Waals surface area (Å²) >= 11 is 0. The Kier molecular flexibility index (Phi) is 64.1. The lowest BCUT2D eigenvalue weighted by Gasteiger charge is -2.21. The average molecular weight is 1340 g/mol. The molecule has 93 heavy (non-hydrogen) atoms. The van der Waals surface area contributed by atoms with E-state index in [9.17, 15) is 43.5 Å². The van der Waals surface area contributed by atoms with Crippen LogP contribution in [-0.4, -0.2) is 95.9 Å². The average Bonchev–Trinajstić information content (AvgIpc) is 2.77. The summed E-state index contributed by atoms with van der Waals surface area (Å²) in [4.78, 5) is 58.3. The van der Waals surface area contributed by atoms with E-state index in [0.29, 0.717) is 25.7 Å². The van der Waals surface area contributed by atoms with Crippen LogP contribution in [0.25, 0.3) is 0 Å². The molecule has 0 aliphatic carbocycles. The topological polar surface area (TPSA) is 231 Å². The number of carbonyl (C=O) groups excluding carboxylic acids is 3. The van der Waals surface area contributed by atoms with Gasteiger partial charge in [-0.25, -0.2) is 9.13 Å². The Morgan fingerprint density at radius 2 is 0.581 bits per heavy atom. The summed E-state index contributed by atoms with van der Waals surface area (Å²) in [6, 6.07) is 0. The molecule has 0 saturated heterocycles. The van der Waals surface area contributed by atoms with Gasteiger partial charge < -0.3 is 34.2 Å². The zero-order chi connectivity index (χ0) is 68.1. The molecule has 16 nitrogen and oxygen atoms in total. The van der Waals surface area contributed by atoms with Gasteiger partial charge in [0.2, 0.25) is 0 Å². The first-order valence-corrected chi connectivity index (χ1v) is 38.1. The maximum atomic E-state index is 12.9. The van der Waals surface area contributed by atoms with E-state index in [1.807, 2.05) is 12.2 Å². The number of rotatable bonds is 65. The SMILES string of the molecule is CC/C=C\C/C=C\C/C=C\C/C=C\C/C=C\C/C=C\CCCCCCCCCCC(=O)OCC(O)COP(=O)(O)OCC(O)COP(=O)(O)OCC(COC(=O)CCC/C=C\C/C=C\C/C=C\C/C=C\C/C=C\CC)OC(=O)CCCCCCC/C=C\CCCCCC. The Morgan fingerprint density at radius 1 is 0.312 bits per heavy atom. The lowest BCUT2D eigenvalue weighted by atomic mass is 10.1. The number of hydrogen-bond donors (Lipinski definition) is 4. The summed E-state index contributed by atoms with van der Waals surface area (Å²) in [6.45, 7) is 2.31. The highest BCUT2D eigenvalue weighted by molar-refractivity contribution is 7.47. The van der Waals surface area contributed by atoms with Crippen molar-refractivity contribution in [1.82, 2.24) is 0 Å². The summed E-state index contributed by atoms with van der Waals surface area (Å²) in [7, 11) is -9.80. The molecule has 0 aliphatic heterocycles. The highest BCUT2D eigenvalue weighted by atomic mass is 31.2. The first-order chi connectivity index (χ1) is 45.2. The van der Waals surface area contributed by atoms with Crippen molar-refractivity contribution in [2.45, 2.75) is 270 Å². The van der Waals surface area contributed by atoms with Crippen molar-refractivity contribution >= 4 is 33.6 Å². The van der Waals surface area contributed by atoms with Crippen LogP contribution in [0.2, 0.25) is 0 Å². The van der Waals surface area contributed by atoms with E-state index < -0.39 is 91.5 Å². The molecule has 5 atom stereocenters. The van der Waals surface area contributed by atoms with Crippen molar-refractivity contribution in [1.29, 1.82) is 0 Å². The minimum Gasteiger partial charge on any atom is -0.463 e. The zero-order valence-electron chi connectivity index (χ0n) is 57.4. The predicted molar refractivity (Wildman–Crippen MR) is 380 cm³/mol. The summed E-state index contributed by atoms with van der Waals surface area (Å²) in [6.07, 6.45) is 80.6. The van der Waals surface area contributed by atoms with Crippen molar-refractivity contribution in [3.63, 3.8) is 0 Å². The number of aliphatic hydroxyl groups is 2. The predicted octanol–water partition coefficient (Wildman–Crippen LogP) is 19.8. The molecule has 0 spiro atoms. The monoisotopic (exact) mass is 1340 g/mol. The highest BCUT2D eigenvalue weighted by Gasteiger charge is 2.29. The number of phosphoric acid groups is 2. The van der Waals surface area contributed by atoms with Gasteiger partial charge in [0.15, 0.2) is 6.10 Å². The Bertz CT molecular complexity index is 2280. The highest BCUT2D eigenvalue weighted by Crippen LogP contribution is 2.45. The summed E-state index contributed by atoms with van der Waals surface area (Å²) < 4.78 is 60.8. The van der Waals surface area contributed by atoms with Gasteiger partial charge >= 0.3 is 33.6 Å². The molecular formula is C75H124O16P2. The third kappa shape index (κ3) is 68.6. The molecule has 0 rings (SSSR count). The molecule has 0 aromatic rings. The third-order valence-electron chi connectivity index (χ3n) is 14.0. The standard InChI is InChI=1S/C75H124O16P2/c1-4-7-10-13-16-19-22-25-27-29-30-31-32-33-34-35-36-37-38-40-42-44-46-49-52-55-58-61-73(78)85-64-70(76)65-87-92(81,82)88-66-71(77)67-89-93(83,84)90-69-72(91-75(80)63-60-57-54-51-48-43-24-21-18-15-12-9-6-3)68-86-74(79)62-59-56-53-50-47-45-41-39-28-26-23-20-17-14-11-8-5-2/h7-8,10-11,16-17,19-21,24-28,30-31,33-34,36-37,41,45,50,53,70-72,76-77H,4-6,9,12-15,18,22-23,29,32,35,38-40,42-44,46-49,51-52,54-69H2,1-3H3,(H,81,82)(H,83,84)/b10-7-,11-8-,19-16-,20-17-,24-21-,27-25-,28-26-,31-30-,34-33-,37-36-,45-41-,53-50-. The van der Waals surface area contributed by atoms with E-state index in [2.05, 4.69) is 154 Å². The van der Waals surface area contributed by atoms with Crippen molar-refractivity contribution in [2.75, 3.05) is 39.6 Å². The molecule has 0 aromatic heterocycles. The van der Waals surface area contributed by atoms with Gasteiger partial charge in [0.05, 0.1) is 26.4 Å². The van der Waals surface area contributed by atoms with Gasteiger partial charge in [0.25, 0.3) is 0 Å². The fourth-order valence-corrected chi connectivity index (χ4v) is 10.3. The number of esters is 3. The summed E-state index contributed by atoms with van der Waals surface area (Å²) in [5, 5.41) is 20.6. The van der Waals surface area contributed by atoms with Crippen LogP contribution >= 0.6 is 15.6 Å². The Hall–Kier alpha value is -4.57. The maximum absolute atomic E-state index is 12.9. The van der Waals surface area contributed by atoms with Gasteiger partial charge in [-0.05, 0) is 135 Å².